The average Bonchev–Trinajstić information content (AvgIpc) is 2.76. The van der Waals surface area contributed by atoms with E-state index in [1.54, 1.807) is 6.07 Å². The third-order valence-corrected chi connectivity index (χ3v) is 8.63. The van der Waals surface area contributed by atoms with Gasteiger partial charge in [0.05, 0.1) is 18.3 Å². The minimum Gasteiger partial charge on any atom is -0.389 e. The summed E-state index contributed by atoms with van der Waals surface area (Å²) in [6, 6.07) is 5.54. The van der Waals surface area contributed by atoms with Crippen LogP contribution in [0.1, 0.15) is 50.5 Å². The molecule has 4 bridgehead atoms. The van der Waals surface area contributed by atoms with Gasteiger partial charge in [0.2, 0.25) is 0 Å². The second-order valence-corrected chi connectivity index (χ2v) is 11.2. The number of piperazine rings is 1. The highest BCUT2D eigenvalue weighted by molar-refractivity contribution is 5.85. The van der Waals surface area contributed by atoms with Crippen LogP contribution >= 0.6 is 12.4 Å². The van der Waals surface area contributed by atoms with Crippen molar-refractivity contribution in [1.82, 2.24) is 4.90 Å². The second-order valence-electron chi connectivity index (χ2n) is 11.2. The molecule has 1 atom stereocenters. The first kappa shape index (κ1) is 26.1. The molecular formula is C26H38ClF3N2O2. The number of aliphatic hydroxyl groups is 1. The van der Waals surface area contributed by atoms with Crippen LogP contribution in [-0.4, -0.2) is 62.0 Å². The second kappa shape index (κ2) is 10.5. The van der Waals surface area contributed by atoms with Crippen molar-refractivity contribution in [2.45, 2.75) is 57.2 Å². The maximum absolute atomic E-state index is 13.0. The molecule has 1 aromatic rings. The minimum absolute atomic E-state index is 0. The molecule has 1 unspecified atom stereocenters. The Labute approximate surface area is 207 Å². The highest BCUT2D eigenvalue weighted by atomic mass is 35.5. The lowest BCUT2D eigenvalue weighted by atomic mass is 9.49. The smallest absolute Gasteiger partial charge is 0.389 e. The number of hydrogen-bond donors (Lipinski definition) is 1. The maximum atomic E-state index is 13.0. The minimum atomic E-state index is -4.32. The zero-order valence-corrected chi connectivity index (χ0v) is 20.6. The number of β-amino-alcohol motifs (C(OH)–C–C–N with tert-alkyl or cyclic N) is 1. The van der Waals surface area contributed by atoms with Crippen LogP contribution in [-0.2, 0) is 10.9 Å². The van der Waals surface area contributed by atoms with Crippen LogP contribution in [0.2, 0.25) is 0 Å². The van der Waals surface area contributed by atoms with Gasteiger partial charge in [0.1, 0.15) is 0 Å². The zero-order chi connectivity index (χ0) is 23.1. The van der Waals surface area contributed by atoms with E-state index in [0.717, 1.165) is 49.9 Å². The van der Waals surface area contributed by atoms with Gasteiger partial charge < -0.3 is 14.7 Å². The molecule has 34 heavy (non-hydrogen) atoms. The summed E-state index contributed by atoms with van der Waals surface area (Å²) < 4.78 is 44.9. The highest BCUT2D eigenvalue weighted by Gasteiger charge is 2.50. The van der Waals surface area contributed by atoms with Crippen molar-refractivity contribution in [3.63, 3.8) is 0 Å². The monoisotopic (exact) mass is 502 g/mol. The molecule has 1 saturated heterocycles. The molecule has 1 heterocycles. The Morgan fingerprint density at radius 2 is 1.62 bits per heavy atom. The van der Waals surface area contributed by atoms with Gasteiger partial charge in [-0.1, -0.05) is 6.07 Å². The summed E-state index contributed by atoms with van der Waals surface area (Å²) in [5, 5.41) is 10.5. The standard InChI is InChI=1S/C26H37F3N2O2.ClH/c27-26(28,29)22-2-1-3-23(13-22)31-7-5-30(6-8-31)17-24(32)18-33-9-4-25-14-19-10-20(15-25)12-21(11-19)16-25;/h1-3,13,19-21,24,32H,4-12,14-18H2;1H. The number of ether oxygens (including phenoxy) is 1. The molecule has 8 heteroatoms. The fraction of sp³-hybridized carbons (Fsp3) is 0.769. The summed E-state index contributed by atoms with van der Waals surface area (Å²) >= 11 is 0. The number of hydrogen-bond acceptors (Lipinski definition) is 4. The molecule has 5 aliphatic rings. The molecule has 192 valence electrons. The van der Waals surface area contributed by atoms with Gasteiger partial charge in [-0.3, -0.25) is 4.90 Å². The van der Waals surface area contributed by atoms with Gasteiger partial charge in [0.15, 0.2) is 0 Å². The van der Waals surface area contributed by atoms with Crippen LogP contribution in [0.25, 0.3) is 0 Å². The average molecular weight is 503 g/mol. The van der Waals surface area contributed by atoms with Crippen LogP contribution < -0.4 is 4.90 Å². The highest BCUT2D eigenvalue weighted by Crippen LogP contribution is 2.61. The van der Waals surface area contributed by atoms with E-state index < -0.39 is 17.8 Å². The molecule has 0 aromatic heterocycles. The quantitative estimate of drug-likeness (QED) is 0.494. The van der Waals surface area contributed by atoms with Crippen LogP contribution in [0.4, 0.5) is 18.9 Å². The molecule has 0 amide bonds. The lowest BCUT2D eigenvalue weighted by Crippen LogP contribution is -2.49. The van der Waals surface area contributed by atoms with Crippen molar-refractivity contribution in [2.24, 2.45) is 23.2 Å². The van der Waals surface area contributed by atoms with E-state index in [9.17, 15) is 18.3 Å². The lowest BCUT2D eigenvalue weighted by Gasteiger charge is -2.57. The maximum Gasteiger partial charge on any atom is 0.416 e. The first-order valence-corrected chi connectivity index (χ1v) is 12.7. The molecule has 1 aromatic carbocycles. The Morgan fingerprint density at radius 1 is 1.00 bits per heavy atom. The van der Waals surface area contributed by atoms with Gasteiger partial charge in [-0.25, -0.2) is 0 Å². The van der Waals surface area contributed by atoms with Gasteiger partial charge in [-0.05, 0) is 86.3 Å². The molecule has 0 spiro atoms. The Kier molecular flexibility index (Phi) is 8.07. The SMILES string of the molecule is Cl.OC(COCCC12CC3CC(CC(C3)C1)C2)CN1CCN(c2cccc(C(F)(F)F)c2)CC1. The van der Waals surface area contributed by atoms with E-state index in [4.69, 9.17) is 4.74 Å². The van der Waals surface area contributed by atoms with Gasteiger partial charge in [-0.15, -0.1) is 12.4 Å². The lowest BCUT2D eigenvalue weighted by molar-refractivity contribution is -0.137. The van der Waals surface area contributed by atoms with E-state index in [1.807, 2.05) is 4.90 Å². The van der Waals surface area contributed by atoms with Crippen LogP contribution in [0.5, 0.6) is 0 Å². The molecule has 0 radical (unpaired) electrons. The fourth-order valence-corrected chi connectivity index (χ4v) is 7.52. The summed E-state index contributed by atoms with van der Waals surface area (Å²) in [6.07, 6.45) is 4.83. The Balaban J connectivity index is 0.00000274. The molecule has 4 aliphatic carbocycles. The summed E-state index contributed by atoms with van der Waals surface area (Å²) in [6.45, 7) is 4.41. The van der Waals surface area contributed by atoms with Crippen LogP contribution in [0.15, 0.2) is 24.3 Å². The first-order chi connectivity index (χ1) is 15.8. The molecule has 1 aliphatic heterocycles. The first-order valence-electron chi connectivity index (χ1n) is 12.7. The number of rotatable bonds is 8. The topological polar surface area (TPSA) is 35.9 Å². The van der Waals surface area contributed by atoms with E-state index >= 15 is 0 Å². The normalized spacial score (nSPS) is 32.0. The number of anilines is 1. The third-order valence-electron chi connectivity index (χ3n) is 8.63. The largest absolute Gasteiger partial charge is 0.416 e. The Hall–Kier alpha value is -1.02. The number of alkyl halides is 3. The summed E-state index contributed by atoms with van der Waals surface area (Å²) in [7, 11) is 0. The predicted octanol–water partition coefficient (Wildman–Crippen LogP) is 5.23. The van der Waals surface area contributed by atoms with Gasteiger partial charge in [0, 0.05) is 45.0 Å². The predicted molar refractivity (Wildman–Crippen MR) is 129 cm³/mol. The van der Waals surface area contributed by atoms with E-state index in [2.05, 4.69) is 4.90 Å². The summed E-state index contributed by atoms with van der Waals surface area (Å²) in [4.78, 5) is 4.16. The molecule has 1 N–H and O–H groups in total. The number of halogens is 4. The third kappa shape index (κ3) is 6.03. The van der Waals surface area contributed by atoms with Gasteiger partial charge in [0.25, 0.3) is 0 Å². The summed E-state index contributed by atoms with van der Waals surface area (Å²) in [5.41, 5.74) is 0.515. The van der Waals surface area contributed by atoms with Crippen molar-refractivity contribution in [3.05, 3.63) is 29.8 Å². The van der Waals surface area contributed by atoms with Crippen molar-refractivity contribution in [1.29, 1.82) is 0 Å². The van der Waals surface area contributed by atoms with E-state index in [1.165, 1.54) is 50.7 Å². The Morgan fingerprint density at radius 3 is 2.21 bits per heavy atom. The van der Waals surface area contributed by atoms with Gasteiger partial charge >= 0.3 is 6.18 Å². The number of aliphatic hydroxyl groups excluding tert-OH is 1. The molecule has 6 rings (SSSR count). The zero-order valence-electron chi connectivity index (χ0n) is 19.8. The molecule has 4 nitrogen and oxygen atoms in total. The molecule has 4 saturated carbocycles. The van der Waals surface area contributed by atoms with Crippen molar-refractivity contribution in [3.8, 4) is 0 Å². The van der Waals surface area contributed by atoms with Gasteiger partial charge in [-0.2, -0.15) is 13.2 Å². The van der Waals surface area contributed by atoms with E-state index in [0.29, 0.717) is 37.3 Å². The number of nitrogens with zero attached hydrogens (tertiary/aromatic N) is 2. The van der Waals surface area contributed by atoms with Crippen LogP contribution in [0, 0.1) is 23.2 Å². The molecule has 5 fully saturated rings. The van der Waals surface area contributed by atoms with Crippen molar-refractivity contribution < 1.29 is 23.0 Å². The Bertz CT molecular complexity index is 778. The van der Waals surface area contributed by atoms with Crippen molar-refractivity contribution >= 4 is 18.1 Å². The summed E-state index contributed by atoms with van der Waals surface area (Å²) in [5.74, 6) is 2.87. The van der Waals surface area contributed by atoms with Crippen LogP contribution in [0.3, 0.4) is 0 Å². The fourth-order valence-electron chi connectivity index (χ4n) is 7.52. The number of benzene rings is 1. The van der Waals surface area contributed by atoms with E-state index in [-0.39, 0.29) is 12.4 Å². The molecular weight excluding hydrogens is 465 g/mol. The van der Waals surface area contributed by atoms with Crippen molar-refractivity contribution in [2.75, 3.05) is 50.8 Å².